The van der Waals surface area contributed by atoms with Crippen molar-refractivity contribution in [3.05, 3.63) is 53.3 Å². The molecule has 0 atom stereocenters. The van der Waals surface area contributed by atoms with Crippen LogP contribution in [0, 0.1) is 13.8 Å². The molecule has 0 saturated carbocycles. The maximum atomic E-state index is 4.33. The largest absolute Gasteiger partial charge is 0.313 e. The summed E-state index contributed by atoms with van der Waals surface area (Å²) in [4.78, 5) is 4.33. The molecule has 0 spiro atoms. The van der Waals surface area contributed by atoms with Gasteiger partial charge in [-0.05, 0) is 48.7 Å². The molecule has 1 aromatic heterocycles. The molecule has 18 heavy (non-hydrogen) atoms. The number of aryl methyl sites for hydroxylation is 2. The molecule has 94 valence electrons. The van der Waals surface area contributed by atoms with Crippen molar-refractivity contribution in [2.75, 3.05) is 6.54 Å². The second kappa shape index (κ2) is 5.78. The maximum absolute atomic E-state index is 4.33. The van der Waals surface area contributed by atoms with Gasteiger partial charge in [0.2, 0.25) is 0 Å². The van der Waals surface area contributed by atoms with Crippen molar-refractivity contribution >= 4 is 0 Å². The van der Waals surface area contributed by atoms with Gasteiger partial charge in [-0.3, -0.25) is 4.98 Å². The fourth-order valence-corrected chi connectivity index (χ4v) is 1.93. The van der Waals surface area contributed by atoms with E-state index in [1.165, 1.54) is 27.8 Å². The van der Waals surface area contributed by atoms with E-state index in [-0.39, 0.29) is 0 Å². The molecule has 0 fully saturated rings. The molecule has 2 aromatic rings. The van der Waals surface area contributed by atoms with E-state index in [1.54, 1.807) is 0 Å². The van der Waals surface area contributed by atoms with E-state index >= 15 is 0 Å². The van der Waals surface area contributed by atoms with Crippen LogP contribution in [0.2, 0.25) is 0 Å². The minimum absolute atomic E-state index is 0.877. The van der Waals surface area contributed by atoms with Gasteiger partial charge in [0.15, 0.2) is 0 Å². The van der Waals surface area contributed by atoms with Gasteiger partial charge in [-0.15, -0.1) is 0 Å². The standard InChI is InChI=1S/C16H20N2/c1-4-17-9-14-8-16(11-18-10-14)15-6-5-12(2)13(3)7-15/h5-8,10-11,17H,4,9H2,1-3H3. The molecule has 0 aliphatic heterocycles. The van der Waals surface area contributed by atoms with Crippen molar-refractivity contribution in [3.8, 4) is 11.1 Å². The second-order valence-corrected chi connectivity index (χ2v) is 4.66. The average molecular weight is 240 g/mol. The van der Waals surface area contributed by atoms with Crippen LogP contribution in [0.5, 0.6) is 0 Å². The van der Waals surface area contributed by atoms with Crippen LogP contribution in [0.25, 0.3) is 11.1 Å². The molecular weight excluding hydrogens is 220 g/mol. The Kier molecular flexibility index (Phi) is 4.11. The third-order valence-corrected chi connectivity index (χ3v) is 3.21. The fraction of sp³-hybridized carbons (Fsp3) is 0.312. The molecule has 1 aromatic carbocycles. The lowest BCUT2D eigenvalue weighted by Crippen LogP contribution is -2.11. The molecule has 1 N–H and O–H groups in total. The van der Waals surface area contributed by atoms with Crippen LogP contribution in [0.15, 0.2) is 36.7 Å². The second-order valence-electron chi connectivity index (χ2n) is 4.66. The predicted octanol–water partition coefficient (Wildman–Crippen LogP) is 3.47. The number of hydrogen-bond donors (Lipinski definition) is 1. The molecule has 0 radical (unpaired) electrons. The number of nitrogens with one attached hydrogen (secondary N) is 1. The normalized spacial score (nSPS) is 10.6. The van der Waals surface area contributed by atoms with Gasteiger partial charge in [0.25, 0.3) is 0 Å². The number of aromatic nitrogens is 1. The quantitative estimate of drug-likeness (QED) is 0.885. The van der Waals surface area contributed by atoms with Crippen molar-refractivity contribution in [2.45, 2.75) is 27.3 Å². The van der Waals surface area contributed by atoms with Crippen molar-refractivity contribution in [3.63, 3.8) is 0 Å². The van der Waals surface area contributed by atoms with Gasteiger partial charge in [-0.1, -0.05) is 25.1 Å². The summed E-state index contributed by atoms with van der Waals surface area (Å²) in [5.74, 6) is 0. The molecule has 0 bridgehead atoms. The summed E-state index contributed by atoms with van der Waals surface area (Å²) in [6.45, 7) is 8.25. The summed E-state index contributed by atoms with van der Waals surface area (Å²) in [5.41, 5.74) is 6.31. The van der Waals surface area contributed by atoms with E-state index in [1.807, 2.05) is 12.4 Å². The highest BCUT2D eigenvalue weighted by Gasteiger charge is 2.01. The molecule has 2 nitrogen and oxygen atoms in total. The van der Waals surface area contributed by atoms with Gasteiger partial charge in [0.05, 0.1) is 0 Å². The maximum Gasteiger partial charge on any atom is 0.0346 e. The van der Waals surface area contributed by atoms with E-state index in [9.17, 15) is 0 Å². The van der Waals surface area contributed by atoms with Crippen molar-refractivity contribution in [1.82, 2.24) is 10.3 Å². The lowest BCUT2D eigenvalue weighted by atomic mass is 10.0. The Morgan fingerprint density at radius 1 is 1.00 bits per heavy atom. The summed E-state index contributed by atoms with van der Waals surface area (Å²) >= 11 is 0. The number of benzene rings is 1. The van der Waals surface area contributed by atoms with Gasteiger partial charge in [0.1, 0.15) is 0 Å². The first-order chi connectivity index (χ1) is 8.70. The Morgan fingerprint density at radius 3 is 2.56 bits per heavy atom. The first kappa shape index (κ1) is 12.8. The van der Waals surface area contributed by atoms with Gasteiger partial charge in [-0.2, -0.15) is 0 Å². The Hall–Kier alpha value is -1.67. The summed E-state index contributed by atoms with van der Waals surface area (Å²) in [7, 11) is 0. The Labute approximate surface area is 109 Å². The lowest BCUT2D eigenvalue weighted by molar-refractivity contribution is 0.724. The topological polar surface area (TPSA) is 24.9 Å². The van der Waals surface area contributed by atoms with E-state index < -0.39 is 0 Å². The highest BCUT2D eigenvalue weighted by Crippen LogP contribution is 2.22. The number of hydrogen-bond acceptors (Lipinski definition) is 2. The number of pyridine rings is 1. The van der Waals surface area contributed by atoms with E-state index in [0.717, 1.165) is 13.1 Å². The first-order valence-corrected chi connectivity index (χ1v) is 6.43. The molecule has 2 heteroatoms. The zero-order valence-corrected chi connectivity index (χ0v) is 11.3. The minimum Gasteiger partial charge on any atom is -0.313 e. The minimum atomic E-state index is 0.877. The zero-order chi connectivity index (χ0) is 13.0. The SMILES string of the molecule is CCNCc1cncc(-c2ccc(C)c(C)c2)c1. The molecule has 0 aliphatic carbocycles. The molecule has 1 heterocycles. The van der Waals surface area contributed by atoms with Crippen LogP contribution >= 0.6 is 0 Å². The molecule has 0 amide bonds. The summed E-state index contributed by atoms with van der Waals surface area (Å²) in [6.07, 6.45) is 3.85. The van der Waals surface area contributed by atoms with Crippen LogP contribution in [-0.4, -0.2) is 11.5 Å². The summed E-state index contributed by atoms with van der Waals surface area (Å²) < 4.78 is 0. The molecule has 0 saturated heterocycles. The average Bonchev–Trinajstić information content (AvgIpc) is 2.40. The van der Waals surface area contributed by atoms with Crippen LogP contribution in [-0.2, 0) is 6.54 Å². The van der Waals surface area contributed by atoms with Crippen molar-refractivity contribution in [2.24, 2.45) is 0 Å². The summed E-state index contributed by atoms with van der Waals surface area (Å²) in [5, 5.41) is 3.32. The Balaban J connectivity index is 2.29. The van der Waals surface area contributed by atoms with Crippen LogP contribution in [0.4, 0.5) is 0 Å². The molecule has 2 rings (SSSR count). The van der Waals surface area contributed by atoms with Gasteiger partial charge in [-0.25, -0.2) is 0 Å². The van der Waals surface area contributed by atoms with E-state index in [2.05, 4.69) is 55.3 Å². The van der Waals surface area contributed by atoms with Gasteiger partial charge < -0.3 is 5.32 Å². The van der Waals surface area contributed by atoms with Crippen LogP contribution in [0.1, 0.15) is 23.6 Å². The van der Waals surface area contributed by atoms with E-state index in [4.69, 9.17) is 0 Å². The molecule has 0 unspecified atom stereocenters. The highest BCUT2D eigenvalue weighted by atomic mass is 14.8. The summed E-state index contributed by atoms with van der Waals surface area (Å²) in [6, 6.07) is 8.77. The monoisotopic (exact) mass is 240 g/mol. The molecule has 0 aliphatic rings. The van der Waals surface area contributed by atoms with Crippen molar-refractivity contribution in [1.29, 1.82) is 0 Å². The van der Waals surface area contributed by atoms with Crippen LogP contribution < -0.4 is 5.32 Å². The van der Waals surface area contributed by atoms with Gasteiger partial charge in [0, 0.05) is 24.5 Å². The number of nitrogens with zero attached hydrogens (tertiary/aromatic N) is 1. The van der Waals surface area contributed by atoms with E-state index in [0.29, 0.717) is 0 Å². The smallest absolute Gasteiger partial charge is 0.0346 e. The fourth-order valence-electron chi connectivity index (χ4n) is 1.93. The third-order valence-electron chi connectivity index (χ3n) is 3.21. The van der Waals surface area contributed by atoms with Crippen molar-refractivity contribution < 1.29 is 0 Å². The first-order valence-electron chi connectivity index (χ1n) is 6.43. The Morgan fingerprint density at radius 2 is 1.83 bits per heavy atom. The number of rotatable bonds is 4. The Bertz CT molecular complexity index is 532. The van der Waals surface area contributed by atoms with Crippen LogP contribution in [0.3, 0.4) is 0 Å². The zero-order valence-electron chi connectivity index (χ0n) is 11.3. The highest BCUT2D eigenvalue weighted by molar-refractivity contribution is 5.64. The predicted molar refractivity (Wildman–Crippen MR) is 76.5 cm³/mol. The molecular formula is C16H20N2. The lowest BCUT2D eigenvalue weighted by Gasteiger charge is -2.07. The third kappa shape index (κ3) is 2.96. The van der Waals surface area contributed by atoms with Gasteiger partial charge >= 0.3 is 0 Å².